The first-order valence-corrected chi connectivity index (χ1v) is 8.32. The molecule has 0 atom stereocenters. The van der Waals surface area contributed by atoms with Crippen molar-refractivity contribution in [1.82, 2.24) is 4.90 Å². The first-order valence-electron chi connectivity index (χ1n) is 6.74. The van der Waals surface area contributed by atoms with Crippen LogP contribution in [0.15, 0.2) is 30.3 Å². The summed E-state index contributed by atoms with van der Waals surface area (Å²) in [4.78, 5) is 14.6. The predicted molar refractivity (Wildman–Crippen MR) is 90.7 cm³/mol. The van der Waals surface area contributed by atoms with Gasteiger partial charge >= 0.3 is 6.18 Å². The highest BCUT2D eigenvalue weighted by atomic mass is 35.5. The minimum Gasteiger partial charge on any atom is -0.324 e. The average Bonchev–Trinajstić information content (AvgIpc) is 2.84. The van der Waals surface area contributed by atoms with Crippen molar-refractivity contribution in [3.63, 3.8) is 0 Å². The zero-order valence-corrected chi connectivity index (χ0v) is 14.8. The minimum atomic E-state index is -4.60. The molecule has 2 rings (SSSR count). The molecule has 0 saturated heterocycles. The van der Waals surface area contributed by atoms with Crippen LogP contribution in [0.25, 0.3) is 0 Å². The van der Waals surface area contributed by atoms with E-state index in [2.05, 4.69) is 5.32 Å². The van der Waals surface area contributed by atoms with E-state index in [0.29, 0.717) is 10.9 Å². The monoisotopic (exact) mass is 396 g/mol. The number of anilines is 1. The summed E-state index contributed by atoms with van der Waals surface area (Å²) in [7, 11) is 1.69. The van der Waals surface area contributed by atoms with Gasteiger partial charge in [0.15, 0.2) is 0 Å². The number of halogens is 5. The van der Waals surface area contributed by atoms with E-state index >= 15 is 0 Å². The van der Waals surface area contributed by atoms with E-state index in [4.69, 9.17) is 23.2 Å². The van der Waals surface area contributed by atoms with Crippen LogP contribution in [-0.2, 0) is 17.5 Å². The Labute approximate surface area is 151 Å². The van der Waals surface area contributed by atoms with Gasteiger partial charge in [-0.15, -0.1) is 11.3 Å². The van der Waals surface area contributed by atoms with Crippen molar-refractivity contribution in [3.8, 4) is 0 Å². The molecule has 24 heavy (non-hydrogen) atoms. The second kappa shape index (κ2) is 7.74. The first kappa shape index (κ1) is 19.1. The molecule has 0 bridgehead atoms. The summed E-state index contributed by atoms with van der Waals surface area (Å²) < 4.78 is 39.6. The number of alkyl halides is 3. The van der Waals surface area contributed by atoms with Gasteiger partial charge in [-0.3, -0.25) is 9.69 Å². The van der Waals surface area contributed by atoms with Crippen LogP contribution in [0, 0.1) is 0 Å². The van der Waals surface area contributed by atoms with Crippen LogP contribution >= 0.6 is 34.5 Å². The zero-order valence-electron chi connectivity index (χ0n) is 12.5. The van der Waals surface area contributed by atoms with Crippen LogP contribution in [-0.4, -0.2) is 24.4 Å². The topological polar surface area (TPSA) is 32.3 Å². The van der Waals surface area contributed by atoms with E-state index in [1.54, 1.807) is 18.0 Å². The fourth-order valence-electron chi connectivity index (χ4n) is 2.05. The molecule has 0 unspecified atom stereocenters. The lowest BCUT2D eigenvalue weighted by atomic mass is 10.1. The van der Waals surface area contributed by atoms with Crippen LogP contribution < -0.4 is 5.32 Å². The highest BCUT2D eigenvalue weighted by Crippen LogP contribution is 2.36. The van der Waals surface area contributed by atoms with Crippen LogP contribution in [0.1, 0.15) is 10.4 Å². The molecule has 0 aliphatic heterocycles. The number of nitrogens with one attached hydrogen (secondary N) is 1. The third-order valence-electron chi connectivity index (χ3n) is 3.03. The molecule has 0 fully saturated rings. The van der Waals surface area contributed by atoms with E-state index in [-0.39, 0.29) is 17.3 Å². The number of amides is 1. The van der Waals surface area contributed by atoms with Gasteiger partial charge in [0.1, 0.15) is 0 Å². The van der Waals surface area contributed by atoms with Gasteiger partial charge < -0.3 is 5.32 Å². The zero-order chi connectivity index (χ0) is 17.9. The lowest BCUT2D eigenvalue weighted by molar-refractivity contribution is -0.137. The quantitative estimate of drug-likeness (QED) is 0.758. The molecule has 0 saturated carbocycles. The number of hydrogen-bond acceptors (Lipinski definition) is 3. The average molecular weight is 397 g/mol. The fourth-order valence-corrected chi connectivity index (χ4v) is 3.39. The summed E-state index contributed by atoms with van der Waals surface area (Å²) >= 11 is 12.8. The number of rotatable bonds is 5. The first-order chi connectivity index (χ1) is 11.1. The fraction of sp³-hybridized carbons (Fsp3) is 0.267. The number of nitrogens with zero attached hydrogens (tertiary/aromatic N) is 1. The number of carbonyl (C=O) groups is 1. The van der Waals surface area contributed by atoms with Crippen LogP contribution in [0.2, 0.25) is 9.36 Å². The summed E-state index contributed by atoms with van der Waals surface area (Å²) in [5.41, 5.74) is -1.29. The molecule has 3 nitrogen and oxygen atoms in total. The second-order valence-electron chi connectivity index (χ2n) is 5.11. The molecule has 130 valence electrons. The third kappa shape index (κ3) is 5.37. The summed E-state index contributed by atoms with van der Waals surface area (Å²) in [5.74, 6) is -0.548. The Morgan fingerprint density at radius 1 is 1.25 bits per heavy atom. The molecule has 1 aromatic heterocycles. The van der Waals surface area contributed by atoms with Gasteiger partial charge in [-0.25, -0.2) is 0 Å². The Balaban J connectivity index is 2.02. The molecule has 1 amide bonds. The van der Waals surface area contributed by atoms with Crippen molar-refractivity contribution >= 4 is 46.1 Å². The van der Waals surface area contributed by atoms with E-state index in [0.717, 1.165) is 17.0 Å². The Hall–Kier alpha value is -1.28. The largest absolute Gasteiger partial charge is 0.418 e. The molecule has 1 heterocycles. The van der Waals surface area contributed by atoms with Gasteiger partial charge in [0, 0.05) is 16.4 Å². The standard InChI is InChI=1S/C15H13Cl2F3N2OS/c1-22(7-10-3-5-13(17)24-10)8-14(23)21-12-4-2-9(16)6-11(12)15(18,19)20/h2-6H,7-8H2,1H3,(H,21,23). The maximum Gasteiger partial charge on any atom is 0.418 e. The van der Waals surface area contributed by atoms with Crippen molar-refractivity contribution in [2.24, 2.45) is 0 Å². The Morgan fingerprint density at radius 3 is 2.54 bits per heavy atom. The number of likely N-dealkylation sites (N-methyl/N-ethyl adjacent to an activating group) is 1. The van der Waals surface area contributed by atoms with Gasteiger partial charge in [0.05, 0.1) is 22.1 Å². The molecule has 0 aliphatic rings. The normalized spacial score (nSPS) is 11.8. The van der Waals surface area contributed by atoms with E-state index in [9.17, 15) is 18.0 Å². The lowest BCUT2D eigenvalue weighted by Crippen LogP contribution is -2.30. The third-order valence-corrected chi connectivity index (χ3v) is 4.48. The van der Waals surface area contributed by atoms with Crippen molar-refractivity contribution in [2.75, 3.05) is 18.9 Å². The molecule has 0 spiro atoms. The number of carbonyl (C=O) groups excluding carboxylic acids is 1. The smallest absolute Gasteiger partial charge is 0.324 e. The molecule has 1 aromatic carbocycles. The number of thiophene rings is 1. The van der Waals surface area contributed by atoms with Crippen molar-refractivity contribution in [2.45, 2.75) is 12.7 Å². The molecule has 0 aliphatic carbocycles. The van der Waals surface area contributed by atoms with Crippen LogP contribution in [0.5, 0.6) is 0 Å². The maximum atomic E-state index is 13.0. The van der Waals surface area contributed by atoms with E-state index in [1.807, 2.05) is 6.07 Å². The molecule has 0 radical (unpaired) electrons. The molecule has 2 aromatic rings. The Kier molecular flexibility index (Phi) is 6.14. The molecular formula is C15H13Cl2F3N2OS. The van der Waals surface area contributed by atoms with Gasteiger partial charge in [-0.05, 0) is 37.4 Å². The number of hydrogen-bond donors (Lipinski definition) is 1. The second-order valence-corrected chi connectivity index (χ2v) is 7.35. The van der Waals surface area contributed by atoms with Gasteiger partial charge in [-0.1, -0.05) is 23.2 Å². The summed E-state index contributed by atoms with van der Waals surface area (Å²) in [6, 6.07) is 6.81. The van der Waals surface area contributed by atoms with Crippen molar-refractivity contribution in [3.05, 3.63) is 50.1 Å². The maximum absolute atomic E-state index is 13.0. The minimum absolute atomic E-state index is 0.0491. The van der Waals surface area contributed by atoms with Gasteiger partial charge in [0.25, 0.3) is 0 Å². The highest BCUT2D eigenvalue weighted by molar-refractivity contribution is 7.16. The van der Waals surface area contributed by atoms with E-state index in [1.165, 1.54) is 17.4 Å². The predicted octanol–water partition coefficient (Wildman–Crippen LogP) is 5.14. The summed E-state index contributed by atoms with van der Waals surface area (Å²) in [5, 5.41) is 2.24. The molecule has 1 N–H and O–H groups in total. The van der Waals surface area contributed by atoms with Crippen LogP contribution in [0.4, 0.5) is 18.9 Å². The number of benzene rings is 1. The highest BCUT2D eigenvalue weighted by Gasteiger charge is 2.34. The molecular weight excluding hydrogens is 384 g/mol. The van der Waals surface area contributed by atoms with Gasteiger partial charge in [0.2, 0.25) is 5.91 Å². The van der Waals surface area contributed by atoms with Gasteiger partial charge in [-0.2, -0.15) is 13.2 Å². The van der Waals surface area contributed by atoms with Crippen LogP contribution in [0.3, 0.4) is 0 Å². The lowest BCUT2D eigenvalue weighted by Gasteiger charge is -2.17. The summed E-state index contributed by atoms with van der Waals surface area (Å²) in [6.45, 7) is 0.410. The molecule has 9 heteroatoms. The van der Waals surface area contributed by atoms with Crippen molar-refractivity contribution < 1.29 is 18.0 Å². The Morgan fingerprint density at radius 2 is 1.96 bits per heavy atom. The Bertz CT molecular complexity index is 734. The summed E-state index contributed by atoms with van der Waals surface area (Å²) in [6.07, 6.45) is -4.60. The van der Waals surface area contributed by atoms with E-state index < -0.39 is 17.6 Å². The SMILES string of the molecule is CN(CC(=O)Nc1ccc(Cl)cc1C(F)(F)F)Cc1ccc(Cl)s1. The van der Waals surface area contributed by atoms with Crippen molar-refractivity contribution in [1.29, 1.82) is 0 Å².